The van der Waals surface area contributed by atoms with Crippen molar-refractivity contribution in [3.05, 3.63) is 47.8 Å². The van der Waals surface area contributed by atoms with E-state index in [0.717, 1.165) is 38.9 Å². The Morgan fingerprint density at radius 2 is 2.04 bits per heavy atom. The Morgan fingerprint density at radius 1 is 1.17 bits per heavy atom. The first kappa shape index (κ1) is 15.8. The smallest absolute Gasteiger partial charge is 0.166 e. The molecular formula is C17H19N3O2S. The van der Waals surface area contributed by atoms with E-state index in [-0.39, 0.29) is 0 Å². The lowest BCUT2D eigenvalue weighted by Crippen LogP contribution is -2.06. The molecule has 1 N–H and O–H groups in total. The van der Waals surface area contributed by atoms with Gasteiger partial charge in [-0.3, -0.25) is 4.98 Å². The number of nitrogens with one attached hydrogen (secondary N) is 1. The molecule has 0 fully saturated rings. The summed E-state index contributed by atoms with van der Waals surface area (Å²) in [7, 11) is 1.66. The second kappa shape index (κ2) is 7.48. The summed E-state index contributed by atoms with van der Waals surface area (Å²) < 4.78 is 10.7. The predicted molar refractivity (Wildman–Crippen MR) is 92.0 cm³/mol. The molecule has 2 heterocycles. The van der Waals surface area contributed by atoms with Crippen molar-refractivity contribution in [2.24, 2.45) is 0 Å². The molecule has 6 heteroatoms. The molecule has 1 aromatic carbocycles. The van der Waals surface area contributed by atoms with Gasteiger partial charge in [-0.25, -0.2) is 4.98 Å². The summed E-state index contributed by atoms with van der Waals surface area (Å²) in [5.74, 6) is 1.60. The molecule has 0 radical (unpaired) electrons. The number of imidazole rings is 1. The van der Waals surface area contributed by atoms with Gasteiger partial charge in [-0.05, 0) is 25.1 Å². The fourth-order valence-electron chi connectivity index (χ4n) is 2.23. The molecule has 0 saturated heterocycles. The molecule has 0 atom stereocenters. The molecule has 3 rings (SSSR count). The number of pyridine rings is 1. The van der Waals surface area contributed by atoms with E-state index in [4.69, 9.17) is 9.47 Å². The molecule has 0 spiro atoms. The van der Waals surface area contributed by atoms with Gasteiger partial charge in [-0.15, -0.1) is 0 Å². The quantitative estimate of drug-likeness (QED) is 0.530. The van der Waals surface area contributed by atoms with Gasteiger partial charge in [0.2, 0.25) is 0 Å². The number of aromatic nitrogens is 3. The minimum Gasteiger partial charge on any atom is -0.491 e. The van der Waals surface area contributed by atoms with E-state index in [1.165, 1.54) is 0 Å². The molecule has 0 bridgehead atoms. The summed E-state index contributed by atoms with van der Waals surface area (Å²) in [6, 6.07) is 9.91. The minimum absolute atomic E-state index is 0.539. The first-order valence-corrected chi connectivity index (χ1v) is 8.40. The van der Waals surface area contributed by atoms with Crippen molar-refractivity contribution in [2.75, 3.05) is 20.3 Å². The summed E-state index contributed by atoms with van der Waals surface area (Å²) in [5, 5.41) is 0.901. The molecule has 0 aliphatic heterocycles. The number of fused-ring (bicyclic) bond motifs is 1. The Kier molecular flexibility index (Phi) is 5.15. The molecular weight excluding hydrogens is 310 g/mol. The van der Waals surface area contributed by atoms with Crippen LogP contribution in [0.5, 0.6) is 5.75 Å². The van der Waals surface area contributed by atoms with E-state index in [0.29, 0.717) is 13.2 Å². The molecule has 0 unspecified atom stereocenters. The third kappa shape index (κ3) is 3.83. The summed E-state index contributed by atoms with van der Waals surface area (Å²) in [5.41, 5.74) is 4.10. The number of hydrogen-bond donors (Lipinski definition) is 1. The van der Waals surface area contributed by atoms with Gasteiger partial charge in [0.1, 0.15) is 12.4 Å². The SMILES string of the molecule is COCCOc1ccnc(CSc2nc3ccccc3[nH]2)c1C. The van der Waals surface area contributed by atoms with Crippen molar-refractivity contribution in [1.29, 1.82) is 0 Å². The third-order valence-corrected chi connectivity index (χ3v) is 4.40. The molecule has 23 heavy (non-hydrogen) atoms. The second-order valence-electron chi connectivity index (χ2n) is 5.07. The lowest BCUT2D eigenvalue weighted by atomic mass is 10.2. The zero-order valence-corrected chi connectivity index (χ0v) is 14.0. The zero-order valence-electron chi connectivity index (χ0n) is 13.2. The van der Waals surface area contributed by atoms with Crippen molar-refractivity contribution in [2.45, 2.75) is 17.8 Å². The predicted octanol–water partition coefficient (Wildman–Crippen LogP) is 3.58. The van der Waals surface area contributed by atoms with Gasteiger partial charge >= 0.3 is 0 Å². The number of hydrogen-bond acceptors (Lipinski definition) is 5. The summed E-state index contributed by atoms with van der Waals surface area (Å²) in [6.45, 7) is 3.14. The number of para-hydroxylation sites is 2. The number of benzene rings is 1. The van der Waals surface area contributed by atoms with Crippen LogP contribution in [0, 0.1) is 6.92 Å². The highest BCUT2D eigenvalue weighted by atomic mass is 32.2. The van der Waals surface area contributed by atoms with Gasteiger partial charge in [-0.1, -0.05) is 23.9 Å². The molecule has 5 nitrogen and oxygen atoms in total. The van der Waals surface area contributed by atoms with Gasteiger partial charge in [0.25, 0.3) is 0 Å². The Hall–Kier alpha value is -2.05. The standard InChI is InChI=1S/C17H19N3O2S/c1-12-15(18-8-7-16(12)22-10-9-21-2)11-23-17-19-13-5-3-4-6-14(13)20-17/h3-8H,9-11H2,1-2H3,(H,19,20). The lowest BCUT2D eigenvalue weighted by Gasteiger charge is -2.11. The Morgan fingerprint density at radius 3 is 2.87 bits per heavy atom. The van der Waals surface area contributed by atoms with Gasteiger partial charge in [0.05, 0.1) is 23.3 Å². The monoisotopic (exact) mass is 329 g/mol. The number of rotatable bonds is 7. The first-order chi connectivity index (χ1) is 11.3. The highest BCUT2D eigenvalue weighted by Gasteiger charge is 2.09. The molecule has 0 saturated carbocycles. The summed E-state index contributed by atoms with van der Waals surface area (Å²) in [4.78, 5) is 12.4. The maximum atomic E-state index is 5.72. The molecule has 3 aromatic rings. The van der Waals surface area contributed by atoms with Crippen molar-refractivity contribution >= 4 is 22.8 Å². The van der Waals surface area contributed by atoms with Gasteiger partial charge in [-0.2, -0.15) is 0 Å². The summed E-state index contributed by atoms with van der Waals surface area (Å²) >= 11 is 1.64. The largest absolute Gasteiger partial charge is 0.491 e. The van der Waals surface area contributed by atoms with Crippen molar-refractivity contribution in [1.82, 2.24) is 15.0 Å². The number of ether oxygens (including phenoxy) is 2. The van der Waals surface area contributed by atoms with Crippen molar-refractivity contribution < 1.29 is 9.47 Å². The average molecular weight is 329 g/mol. The Bertz CT molecular complexity index is 755. The first-order valence-electron chi connectivity index (χ1n) is 7.41. The highest BCUT2D eigenvalue weighted by molar-refractivity contribution is 7.98. The van der Waals surface area contributed by atoms with Crippen LogP contribution < -0.4 is 4.74 Å². The van der Waals surface area contributed by atoms with E-state index in [9.17, 15) is 0 Å². The van der Waals surface area contributed by atoms with E-state index in [2.05, 4.69) is 15.0 Å². The van der Waals surface area contributed by atoms with E-state index >= 15 is 0 Å². The fraction of sp³-hybridized carbons (Fsp3) is 0.294. The van der Waals surface area contributed by atoms with Crippen LogP contribution in [-0.4, -0.2) is 35.3 Å². The highest BCUT2D eigenvalue weighted by Crippen LogP contribution is 2.26. The third-order valence-electron chi connectivity index (χ3n) is 3.52. The molecule has 0 aliphatic carbocycles. The van der Waals surface area contributed by atoms with E-state index in [1.807, 2.05) is 37.3 Å². The van der Waals surface area contributed by atoms with Crippen LogP contribution in [0.2, 0.25) is 0 Å². The number of aromatic amines is 1. The van der Waals surface area contributed by atoms with Crippen LogP contribution in [0.4, 0.5) is 0 Å². The maximum absolute atomic E-state index is 5.72. The topological polar surface area (TPSA) is 60.0 Å². The van der Waals surface area contributed by atoms with Crippen LogP contribution in [0.25, 0.3) is 11.0 Å². The van der Waals surface area contributed by atoms with Gasteiger partial charge in [0, 0.05) is 24.6 Å². The zero-order chi connectivity index (χ0) is 16.1. The van der Waals surface area contributed by atoms with Crippen LogP contribution in [0.3, 0.4) is 0 Å². The average Bonchev–Trinajstić information content (AvgIpc) is 2.98. The van der Waals surface area contributed by atoms with Crippen LogP contribution in [-0.2, 0) is 10.5 Å². The van der Waals surface area contributed by atoms with Gasteiger partial charge in [0.15, 0.2) is 5.16 Å². The van der Waals surface area contributed by atoms with Crippen LogP contribution in [0.1, 0.15) is 11.3 Å². The number of thioether (sulfide) groups is 1. The molecule has 0 aliphatic rings. The van der Waals surface area contributed by atoms with Crippen molar-refractivity contribution in [3.8, 4) is 5.75 Å². The molecule has 2 aromatic heterocycles. The van der Waals surface area contributed by atoms with E-state index < -0.39 is 0 Å². The Balaban J connectivity index is 1.68. The minimum atomic E-state index is 0.539. The van der Waals surface area contributed by atoms with E-state index in [1.54, 1.807) is 25.1 Å². The summed E-state index contributed by atoms with van der Waals surface area (Å²) in [6.07, 6.45) is 1.78. The van der Waals surface area contributed by atoms with Crippen molar-refractivity contribution in [3.63, 3.8) is 0 Å². The van der Waals surface area contributed by atoms with Gasteiger partial charge < -0.3 is 14.5 Å². The number of methoxy groups -OCH3 is 1. The molecule has 0 amide bonds. The molecule has 120 valence electrons. The Labute approximate surface area is 139 Å². The number of nitrogens with zero attached hydrogens (tertiary/aromatic N) is 2. The number of H-pyrrole nitrogens is 1. The lowest BCUT2D eigenvalue weighted by molar-refractivity contribution is 0.146. The van der Waals surface area contributed by atoms with Crippen LogP contribution >= 0.6 is 11.8 Å². The fourth-order valence-corrected chi connectivity index (χ4v) is 3.14. The van der Waals surface area contributed by atoms with Crippen LogP contribution in [0.15, 0.2) is 41.7 Å². The second-order valence-corrected chi connectivity index (χ2v) is 6.03. The normalized spacial score (nSPS) is 11.0. The maximum Gasteiger partial charge on any atom is 0.166 e.